The number of hydrogen-bond donors (Lipinski definition) is 1. The van der Waals surface area contributed by atoms with E-state index >= 15 is 0 Å². The first-order valence-electron chi connectivity index (χ1n) is 24.5. The molecule has 0 aromatic heterocycles. The van der Waals surface area contributed by atoms with Crippen molar-refractivity contribution in [2.45, 2.75) is 83.3 Å². The number of carbonyl (C=O) groups excluding carboxylic acids is 5. The van der Waals surface area contributed by atoms with Gasteiger partial charge in [-0.25, -0.2) is 28.8 Å². The normalized spacial score (nSPS) is 17.2. The summed E-state index contributed by atoms with van der Waals surface area (Å²) in [6.07, 6.45) is -2.46. The van der Waals surface area contributed by atoms with Gasteiger partial charge in [-0.15, -0.1) is 0 Å². The van der Waals surface area contributed by atoms with Crippen LogP contribution in [0.4, 0.5) is 19.2 Å². The molecule has 2 atom stereocenters. The van der Waals surface area contributed by atoms with E-state index in [9.17, 15) is 33.9 Å². The molecule has 382 valence electrons. The van der Waals surface area contributed by atoms with Gasteiger partial charge in [0.2, 0.25) is 0 Å². The van der Waals surface area contributed by atoms with Gasteiger partial charge in [-0.3, -0.25) is 9.80 Å². The highest BCUT2D eigenvalue weighted by Crippen LogP contribution is 2.46. The summed E-state index contributed by atoms with van der Waals surface area (Å²) in [5, 5.41) is 9.70. The maximum Gasteiger partial charge on any atom is 0.410 e. The van der Waals surface area contributed by atoms with E-state index in [4.69, 9.17) is 23.7 Å². The Hall–Kier alpha value is -7.88. The monoisotopic (exact) mass is 994 g/mol. The number of benzene rings is 5. The predicted octanol–water partition coefficient (Wildman–Crippen LogP) is 9.54. The van der Waals surface area contributed by atoms with Crippen LogP contribution in [0.2, 0.25) is 0 Å². The van der Waals surface area contributed by atoms with Crippen LogP contribution in [0, 0.1) is 0 Å². The Morgan fingerprint density at radius 3 is 1.21 bits per heavy atom. The van der Waals surface area contributed by atoms with Crippen LogP contribution in [0.1, 0.15) is 81.2 Å². The molecule has 2 unspecified atom stereocenters. The number of rotatable bonds is 8. The quantitative estimate of drug-likeness (QED) is 0.115. The molecule has 0 bridgehead atoms. The van der Waals surface area contributed by atoms with E-state index < -0.39 is 59.6 Å². The first kappa shape index (κ1) is 51.5. The van der Waals surface area contributed by atoms with E-state index in [1.807, 2.05) is 103 Å². The lowest BCUT2D eigenvalue weighted by atomic mass is 9.98. The average Bonchev–Trinajstić information content (AvgIpc) is 3.87. The number of fused-ring (bicyclic) bond motifs is 6. The van der Waals surface area contributed by atoms with E-state index in [1.54, 1.807) is 41.5 Å². The molecule has 2 saturated heterocycles. The fraction of sp³-hybridized carbons (Fsp3) is 0.368. The number of carbonyl (C=O) groups is 6. The van der Waals surface area contributed by atoms with Crippen molar-refractivity contribution >= 4 is 36.3 Å². The first-order chi connectivity index (χ1) is 34.9. The van der Waals surface area contributed by atoms with Crippen LogP contribution >= 0.6 is 0 Å². The number of nitrogens with zero attached hydrogens (tertiary/aromatic N) is 4. The molecule has 0 radical (unpaired) electrons. The van der Waals surface area contributed by atoms with Gasteiger partial charge in [-0.2, -0.15) is 0 Å². The molecular weight excluding hydrogens is 933 g/mol. The molecule has 16 heteroatoms. The molecule has 5 aromatic carbocycles. The van der Waals surface area contributed by atoms with Crippen LogP contribution in [0.25, 0.3) is 22.3 Å². The van der Waals surface area contributed by atoms with Gasteiger partial charge in [0.15, 0.2) is 12.1 Å². The molecule has 2 aliphatic heterocycles. The molecule has 4 aliphatic rings. The Morgan fingerprint density at radius 2 is 0.822 bits per heavy atom. The zero-order chi connectivity index (χ0) is 52.0. The topological polar surface area (TPSA) is 182 Å². The Morgan fingerprint density at radius 1 is 0.466 bits per heavy atom. The minimum atomic E-state index is -1.21. The third-order valence-electron chi connectivity index (χ3n) is 13.0. The van der Waals surface area contributed by atoms with Crippen LogP contribution in [0.15, 0.2) is 127 Å². The average molecular weight is 995 g/mol. The second kappa shape index (κ2) is 21.9. The Bertz CT molecular complexity index is 2750. The molecule has 4 amide bonds. The van der Waals surface area contributed by atoms with E-state index in [0.717, 1.165) is 50.1 Å². The van der Waals surface area contributed by atoms with Gasteiger partial charge in [-0.1, -0.05) is 127 Å². The molecule has 16 nitrogen and oxygen atoms in total. The van der Waals surface area contributed by atoms with E-state index in [2.05, 4.69) is 24.3 Å². The first-order valence-corrected chi connectivity index (χ1v) is 24.5. The summed E-state index contributed by atoms with van der Waals surface area (Å²) in [7, 11) is 0. The van der Waals surface area contributed by atoms with E-state index in [-0.39, 0.29) is 70.9 Å². The molecule has 73 heavy (non-hydrogen) atoms. The Labute approximate surface area is 425 Å². The van der Waals surface area contributed by atoms with Gasteiger partial charge in [-0.05, 0) is 91.6 Å². The summed E-state index contributed by atoms with van der Waals surface area (Å²) in [4.78, 5) is 81.9. The third kappa shape index (κ3) is 12.1. The minimum Gasteiger partial charge on any atom is -0.480 e. The summed E-state index contributed by atoms with van der Waals surface area (Å²) < 4.78 is 27.9. The van der Waals surface area contributed by atoms with Gasteiger partial charge in [0.1, 0.15) is 31.0 Å². The van der Waals surface area contributed by atoms with Crippen molar-refractivity contribution in [3.05, 3.63) is 155 Å². The highest BCUT2D eigenvalue weighted by Gasteiger charge is 2.42. The molecular formula is C57H62N4O12. The summed E-state index contributed by atoms with van der Waals surface area (Å²) in [5.41, 5.74) is 8.29. The Balaban J connectivity index is 0.000000199. The zero-order valence-corrected chi connectivity index (χ0v) is 42.0. The van der Waals surface area contributed by atoms with Crippen molar-refractivity contribution in [1.82, 2.24) is 19.6 Å². The Kier molecular flexibility index (Phi) is 15.4. The molecule has 9 rings (SSSR count). The van der Waals surface area contributed by atoms with Crippen molar-refractivity contribution in [2.75, 3.05) is 52.5 Å². The molecule has 2 aliphatic carbocycles. The van der Waals surface area contributed by atoms with Gasteiger partial charge in [0.25, 0.3) is 0 Å². The summed E-state index contributed by atoms with van der Waals surface area (Å²) >= 11 is 0. The molecule has 5 aromatic rings. The number of amides is 4. The highest BCUT2D eigenvalue weighted by molar-refractivity contribution is 5.85. The summed E-state index contributed by atoms with van der Waals surface area (Å²) in [6, 6.07) is 39.3. The minimum absolute atomic E-state index is 0.0485. The van der Waals surface area contributed by atoms with Crippen LogP contribution in [0.5, 0.6) is 0 Å². The van der Waals surface area contributed by atoms with Gasteiger partial charge < -0.3 is 38.6 Å². The largest absolute Gasteiger partial charge is 0.480 e. The fourth-order valence-corrected chi connectivity index (χ4v) is 9.58. The van der Waals surface area contributed by atoms with Crippen LogP contribution in [-0.4, -0.2) is 137 Å². The predicted molar refractivity (Wildman–Crippen MR) is 271 cm³/mol. The van der Waals surface area contributed by atoms with Crippen LogP contribution in [-0.2, 0) is 39.9 Å². The number of hydrogen-bond acceptors (Lipinski definition) is 11. The van der Waals surface area contributed by atoms with E-state index in [0.29, 0.717) is 0 Å². The third-order valence-corrected chi connectivity index (χ3v) is 13.0. The van der Waals surface area contributed by atoms with Crippen molar-refractivity contribution in [3.8, 4) is 22.3 Å². The molecule has 0 saturated carbocycles. The standard InChI is InChI=1S/C32H34N2O6.C25H28N2O6/c1-32(2,3)40-30(36)33-17-18-34(28(19-33)29(35)38-20-22-11-5-4-6-12-22)31(37)39-21-27-25-15-9-7-13-23(25)24-14-8-10-16-26(24)27;1-25(2,3)33-23(30)26-12-13-27(21(14-26)22(28)29)24(31)32-15-20-18-10-6-4-8-16(18)17-9-5-7-11-19(17)20/h4-16,27-28H,17-21H2,1-3H3;4-11,20-21H,12-15H2,1-3H3,(H,28,29). The summed E-state index contributed by atoms with van der Waals surface area (Å²) in [6.45, 7) is 11.2. The fourth-order valence-electron chi connectivity index (χ4n) is 9.58. The van der Waals surface area contributed by atoms with Gasteiger partial charge in [0.05, 0.1) is 13.1 Å². The van der Waals surface area contributed by atoms with E-state index in [1.165, 1.54) is 19.6 Å². The van der Waals surface area contributed by atoms with Crippen molar-refractivity contribution in [2.24, 2.45) is 0 Å². The van der Waals surface area contributed by atoms with Crippen molar-refractivity contribution in [1.29, 1.82) is 0 Å². The van der Waals surface area contributed by atoms with Crippen molar-refractivity contribution in [3.63, 3.8) is 0 Å². The number of aliphatic carboxylic acids is 1. The molecule has 1 N–H and O–H groups in total. The number of piperazine rings is 2. The lowest BCUT2D eigenvalue weighted by molar-refractivity contribution is -0.153. The maximum absolute atomic E-state index is 13.4. The zero-order valence-electron chi connectivity index (χ0n) is 42.0. The number of carboxylic acid groups (broad SMARTS) is 1. The maximum atomic E-state index is 13.4. The number of esters is 1. The second-order valence-corrected chi connectivity index (χ2v) is 20.3. The van der Waals surface area contributed by atoms with Gasteiger partial charge >= 0.3 is 36.3 Å². The molecule has 2 heterocycles. The lowest BCUT2D eigenvalue weighted by Gasteiger charge is -2.39. The SMILES string of the molecule is CC(C)(C)OC(=O)N1CCN(C(=O)OCC2c3ccccc3-c3ccccc32)C(C(=O)O)C1.CC(C)(C)OC(=O)N1CCN(C(=O)OCC2c3ccccc3-c3ccccc32)C(C(=O)OCc2ccccc2)C1. The van der Waals surface area contributed by atoms with Gasteiger partial charge in [0, 0.05) is 38.0 Å². The summed E-state index contributed by atoms with van der Waals surface area (Å²) in [5.74, 6) is -2.03. The molecule has 2 fully saturated rings. The lowest BCUT2D eigenvalue weighted by Crippen LogP contribution is -2.60. The van der Waals surface area contributed by atoms with Crippen molar-refractivity contribution < 1.29 is 57.6 Å². The highest BCUT2D eigenvalue weighted by atomic mass is 16.6. The number of carboxylic acids is 1. The van der Waals surface area contributed by atoms with Crippen LogP contribution < -0.4 is 0 Å². The number of ether oxygens (including phenoxy) is 5. The smallest absolute Gasteiger partial charge is 0.410 e. The molecule has 0 spiro atoms. The second-order valence-electron chi connectivity index (χ2n) is 20.3. The van der Waals surface area contributed by atoms with Crippen LogP contribution in [0.3, 0.4) is 0 Å².